The lowest BCUT2D eigenvalue weighted by atomic mass is 10.2. The number of nitrogens with zero attached hydrogens (tertiary/aromatic N) is 1. The molecule has 2 rings (SSSR count). The number of hydrogen-bond donors (Lipinski definition) is 2. The van der Waals surface area contributed by atoms with Crippen LogP contribution >= 0.6 is 23.7 Å². The molecule has 0 unspecified atom stereocenters. The number of carbonyl (C=O) groups excluding carboxylic acids is 1. The lowest BCUT2D eigenvalue weighted by Crippen LogP contribution is -2.31. The van der Waals surface area contributed by atoms with E-state index in [9.17, 15) is 4.79 Å². The number of rotatable bonds is 8. The fourth-order valence-corrected chi connectivity index (χ4v) is 2.74. The van der Waals surface area contributed by atoms with E-state index >= 15 is 0 Å². The van der Waals surface area contributed by atoms with Crippen LogP contribution in [-0.2, 0) is 0 Å². The van der Waals surface area contributed by atoms with Crippen molar-refractivity contribution in [2.75, 3.05) is 26.7 Å². The zero-order valence-corrected chi connectivity index (χ0v) is 14.9. The molecular formula is C16H22ClN3O2S. The van der Waals surface area contributed by atoms with Crippen LogP contribution in [0.3, 0.4) is 0 Å². The third-order valence-corrected chi connectivity index (χ3v) is 4.13. The van der Waals surface area contributed by atoms with Gasteiger partial charge in [-0.3, -0.25) is 4.79 Å². The van der Waals surface area contributed by atoms with Crippen molar-refractivity contribution in [2.45, 2.75) is 13.3 Å². The lowest BCUT2D eigenvalue weighted by molar-refractivity contribution is 0.0958. The number of hydrogen-bond acceptors (Lipinski definition) is 5. The van der Waals surface area contributed by atoms with Crippen molar-refractivity contribution < 1.29 is 9.53 Å². The molecule has 1 amide bonds. The zero-order valence-electron chi connectivity index (χ0n) is 13.3. The largest absolute Gasteiger partial charge is 0.497 e. The third-order valence-electron chi connectivity index (χ3n) is 3.08. The Morgan fingerprint density at radius 1 is 1.22 bits per heavy atom. The van der Waals surface area contributed by atoms with Gasteiger partial charge in [-0.25, -0.2) is 4.98 Å². The molecule has 0 radical (unpaired) electrons. The molecule has 23 heavy (non-hydrogen) atoms. The summed E-state index contributed by atoms with van der Waals surface area (Å²) in [6.45, 7) is 4.49. The van der Waals surface area contributed by atoms with Crippen LogP contribution in [0, 0.1) is 0 Å². The number of amides is 1. The topological polar surface area (TPSA) is 63.2 Å². The molecule has 0 spiro atoms. The first-order valence-electron chi connectivity index (χ1n) is 7.33. The molecule has 0 aliphatic carbocycles. The maximum Gasteiger partial charge on any atom is 0.263 e. The molecule has 0 aliphatic rings. The first kappa shape index (κ1) is 19.4. The Hall–Kier alpha value is -1.63. The normalized spacial score (nSPS) is 10.0. The highest BCUT2D eigenvalue weighted by molar-refractivity contribution is 7.16. The molecule has 1 aromatic heterocycles. The van der Waals surface area contributed by atoms with Crippen LogP contribution in [0.4, 0.5) is 0 Å². The van der Waals surface area contributed by atoms with Gasteiger partial charge in [0, 0.05) is 18.7 Å². The van der Waals surface area contributed by atoms with Gasteiger partial charge in [0.15, 0.2) is 0 Å². The molecule has 2 aromatic rings. The van der Waals surface area contributed by atoms with Crippen molar-refractivity contribution in [3.8, 4) is 16.3 Å². The van der Waals surface area contributed by atoms with Crippen LogP contribution < -0.4 is 15.4 Å². The maximum absolute atomic E-state index is 12.0. The maximum atomic E-state index is 12.0. The van der Waals surface area contributed by atoms with Gasteiger partial charge < -0.3 is 15.4 Å². The second-order valence-electron chi connectivity index (χ2n) is 4.76. The molecule has 5 nitrogen and oxygen atoms in total. The van der Waals surface area contributed by atoms with E-state index in [1.165, 1.54) is 11.3 Å². The smallest absolute Gasteiger partial charge is 0.263 e. The summed E-state index contributed by atoms with van der Waals surface area (Å²) in [5, 5.41) is 6.97. The highest BCUT2D eigenvalue weighted by Gasteiger charge is 2.11. The Labute approximate surface area is 146 Å². The van der Waals surface area contributed by atoms with Crippen LogP contribution in [0.25, 0.3) is 10.6 Å². The Morgan fingerprint density at radius 2 is 1.96 bits per heavy atom. The predicted molar refractivity (Wildman–Crippen MR) is 96.8 cm³/mol. The van der Waals surface area contributed by atoms with Gasteiger partial charge in [0.1, 0.15) is 15.6 Å². The van der Waals surface area contributed by atoms with Crippen LogP contribution in [0.15, 0.2) is 30.5 Å². The summed E-state index contributed by atoms with van der Waals surface area (Å²) in [7, 11) is 1.64. The number of methoxy groups -OCH3 is 1. The van der Waals surface area contributed by atoms with Gasteiger partial charge >= 0.3 is 0 Å². The van der Waals surface area contributed by atoms with E-state index in [0.717, 1.165) is 35.8 Å². The quantitative estimate of drug-likeness (QED) is 0.714. The second-order valence-corrected chi connectivity index (χ2v) is 5.79. The van der Waals surface area contributed by atoms with Crippen LogP contribution in [0.1, 0.15) is 23.0 Å². The monoisotopic (exact) mass is 355 g/mol. The molecule has 2 N–H and O–H groups in total. The average Bonchev–Trinajstić information content (AvgIpc) is 3.04. The van der Waals surface area contributed by atoms with E-state index < -0.39 is 0 Å². The standard InChI is InChI=1S/C16H21N3O2S.ClH/c1-3-8-17-9-10-18-15(20)14-11-19-16(22-14)12-4-6-13(21-2)7-5-12;/h4-7,11,17H,3,8-10H2,1-2H3,(H,18,20);1H. The number of ether oxygens (including phenoxy) is 1. The molecule has 0 fully saturated rings. The molecule has 0 bridgehead atoms. The van der Waals surface area contributed by atoms with Gasteiger partial charge in [-0.1, -0.05) is 6.92 Å². The molecule has 0 aliphatic heterocycles. The average molecular weight is 356 g/mol. The predicted octanol–water partition coefficient (Wildman–Crippen LogP) is 2.97. The second kappa shape index (κ2) is 10.2. The molecule has 0 atom stereocenters. The van der Waals surface area contributed by atoms with E-state index in [4.69, 9.17) is 4.74 Å². The van der Waals surface area contributed by atoms with E-state index in [0.29, 0.717) is 11.4 Å². The minimum absolute atomic E-state index is 0. The van der Waals surface area contributed by atoms with Gasteiger partial charge in [0.25, 0.3) is 5.91 Å². The van der Waals surface area contributed by atoms with Crippen LogP contribution in [-0.4, -0.2) is 37.6 Å². The van der Waals surface area contributed by atoms with Crippen molar-refractivity contribution in [3.05, 3.63) is 35.3 Å². The molecular weight excluding hydrogens is 334 g/mol. The summed E-state index contributed by atoms with van der Waals surface area (Å²) < 4.78 is 5.13. The van der Waals surface area contributed by atoms with Crippen LogP contribution in [0.2, 0.25) is 0 Å². The summed E-state index contributed by atoms with van der Waals surface area (Å²) in [6, 6.07) is 7.65. The Kier molecular flexibility index (Phi) is 8.61. The van der Waals surface area contributed by atoms with Crippen LogP contribution in [0.5, 0.6) is 5.75 Å². The summed E-state index contributed by atoms with van der Waals surface area (Å²) in [6.07, 6.45) is 2.72. The van der Waals surface area contributed by atoms with E-state index in [1.54, 1.807) is 13.3 Å². The lowest BCUT2D eigenvalue weighted by Gasteiger charge is -2.04. The van der Waals surface area contributed by atoms with Gasteiger partial charge in [-0.2, -0.15) is 0 Å². The van der Waals surface area contributed by atoms with E-state index in [2.05, 4.69) is 22.5 Å². The zero-order chi connectivity index (χ0) is 15.8. The molecule has 1 aromatic carbocycles. The van der Waals surface area contributed by atoms with Crippen molar-refractivity contribution >= 4 is 29.7 Å². The molecule has 126 valence electrons. The van der Waals surface area contributed by atoms with E-state index in [1.807, 2.05) is 24.3 Å². The highest BCUT2D eigenvalue weighted by Crippen LogP contribution is 2.26. The molecule has 0 saturated carbocycles. The SMILES string of the molecule is CCCNCCNC(=O)c1cnc(-c2ccc(OC)cc2)s1.Cl. The Balaban J connectivity index is 0.00000264. The van der Waals surface area contributed by atoms with Gasteiger partial charge in [-0.05, 0) is 37.2 Å². The number of aromatic nitrogens is 1. The summed E-state index contributed by atoms with van der Waals surface area (Å²) in [4.78, 5) is 17.0. The third kappa shape index (κ3) is 5.82. The minimum atomic E-state index is -0.0736. The highest BCUT2D eigenvalue weighted by atomic mass is 35.5. The number of halogens is 1. The van der Waals surface area contributed by atoms with Crippen molar-refractivity contribution in [3.63, 3.8) is 0 Å². The molecule has 0 saturated heterocycles. The van der Waals surface area contributed by atoms with Crippen molar-refractivity contribution in [1.29, 1.82) is 0 Å². The summed E-state index contributed by atoms with van der Waals surface area (Å²) in [5.41, 5.74) is 0.981. The fraction of sp³-hybridized carbons (Fsp3) is 0.375. The fourth-order valence-electron chi connectivity index (χ4n) is 1.90. The number of carbonyl (C=O) groups is 1. The Morgan fingerprint density at radius 3 is 2.61 bits per heavy atom. The molecule has 1 heterocycles. The Bertz CT molecular complexity index is 602. The van der Waals surface area contributed by atoms with Gasteiger partial charge in [0.2, 0.25) is 0 Å². The summed E-state index contributed by atoms with van der Waals surface area (Å²) in [5.74, 6) is 0.730. The number of benzene rings is 1. The van der Waals surface area contributed by atoms with E-state index in [-0.39, 0.29) is 18.3 Å². The van der Waals surface area contributed by atoms with Gasteiger partial charge in [0.05, 0.1) is 13.3 Å². The van der Waals surface area contributed by atoms with Crippen molar-refractivity contribution in [1.82, 2.24) is 15.6 Å². The minimum Gasteiger partial charge on any atom is -0.497 e. The van der Waals surface area contributed by atoms with Crippen molar-refractivity contribution in [2.24, 2.45) is 0 Å². The molecule has 7 heteroatoms. The number of nitrogens with one attached hydrogen (secondary N) is 2. The first-order chi connectivity index (χ1) is 10.7. The van der Waals surface area contributed by atoms with Gasteiger partial charge in [-0.15, -0.1) is 23.7 Å². The number of thiazole rings is 1. The summed E-state index contributed by atoms with van der Waals surface area (Å²) >= 11 is 1.39. The first-order valence-corrected chi connectivity index (χ1v) is 8.15.